The quantitative estimate of drug-likeness (QED) is 0.848. The van der Waals surface area contributed by atoms with Gasteiger partial charge in [-0.3, -0.25) is 0 Å². The summed E-state index contributed by atoms with van der Waals surface area (Å²) in [7, 11) is 0. The minimum atomic E-state index is 0.526. The summed E-state index contributed by atoms with van der Waals surface area (Å²) in [6, 6.07) is 9.16. The average Bonchev–Trinajstić information content (AvgIpc) is 2.66. The number of anilines is 1. The van der Waals surface area contributed by atoms with Crippen molar-refractivity contribution < 1.29 is 4.42 Å². The van der Waals surface area contributed by atoms with E-state index in [1.165, 1.54) is 0 Å². The zero-order valence-electron chi connectivity index (χ0n) is 9.31. The molecule has 1 aromatic heterocycles. The first-order valence-electron chi connectivity index (χ1n) is 5.71. The van der Waals surface area contributed by atoms with Crippen LogP contribution in [0.5, 0.6) is 0 Å². The highest BCUT2D eigenvalue weighted by Crippen LogP contribution is 2.23. The number of para-hydroxylation sites is 2. The highest BCUT2D eigenvalue weighted by Gasteiger charge is 2.26. The number of hydrogen-bond donors (Lipinski definition) is 1. The van der Waals surface area contributed by atoms with Gasteiger partial charge < -0.3 is 14.6 Å². The van der Waals surface area contributed by atoms with E-state index in [1.54, 1.807) is 0 Å². The van der Waals surface area contributed by atoms with Gasteiger partial charge in [-0.15, -0.1) is 0 Å². The molecule has 0 unspecified atom stereocenters. The summed E-state index contributed by atoms with van der Waals surface area (Å²) in [4.78, 5) is 6.74. The van der Waals surface area contributed by atoms with Crippen LogP contribution in [0.25, 0.3) is 11.1 Å². The zero-order chi connectivity index (χ0) is 11.0. The van der Waals surface area contributed by atoms with Crippen molar-refractivity contribution in [3.05, 3.63) is 24.3 Å². The summed E-state index contributed by atoms with van der Waals surface area (Å²) in [5, 5.41) is 3.27. The summed E-state index contributed by atoms with van der Waals surface area (Å²) in [5.41, 5.74) is 1.80. The fourth-order valence-corrected chi connectivity index (χ4v) is 2.03. The number of hydrogen-bond acceptors (Lipinski definition) is 4. The third-order valence-electron chi connectivity index (χ3n) is 3.07. The molecule has 4 nitrogen and oxygen atoms in total. The van der Waals surface area contributed by atoms with Crippen LogP contribution in [0.15, 0.2) is 28.7 Å². The second kappa shape index (κ2) is 3.79. The molecule has 0 amide bonds. The molecule has 0 atom stereocenters. The molecule has 1 fully saturated rings. The predicted molar refractivity (Wildman–Crippen MR) is 63.7 cm³/mol. The van der Waals surface area contributed by atoms with Crippen molar-refractivity contribution in [3.8, 4) is 0 Å². The van der Waals surface area contributed by atoms with E-state index in [0.717, 1.165) is 36.7 Å². The van der Waals surface area contributed by atoms with E-state index in [2.05, 4.69) is 22.1 Å². The lowest BCUT2D eigenvalue weighted by molar-refractivity contribution is 0.395. The lowest BCUT2D eigenvalue weighted by atomic mass is 10.1. The van der Waals surface area contributed by atoms with Crippen molar-refractivity contribution in [1.29, 1.82) is 0 Å². The first-order chi connectivity index (χ1) is 7.88. The Morgan fingerprint density at radius 2 is 2.25 bits per heavy atom. The first-order valence-corrected chi connectivity index (χ1v) is 5.71. The van der Waals surface area contributed by atoms with Crippen LogP contribution in [-0.2, 0) is 0 Å². The smallest absolute Gasteiger partial charge is 0.298 e. The zero-order valence-corrected chi connectivity index (χ0v) is 9.31. The van der Waals surface area contributed by atoms with Gasteiger partial charge in [0.15, 0.2) is 5.58 Å². The molecule has 16 heavy (non-hydrogen) atoms. The lowest BCUT2D eigenvalue weighted by Crippen LogP contribution is -2.57. The van der Waals surface area contributed by atoms with E-state index in [0.29, 0.717) is 6.04 Å². The van der Waals surface area contributed by atoms with Gasteiger partial charge in [-0.1, -0.05) is 12.1 Å². The Morgan fingerprint density at radius 1 is 1.44 bits per heavy atom. The molecule has 1 saturated heterocycles. The van der Waals surface area contributed by atoms with E-state index in [1.807, 2.05) is 24.3 Å². The Bertz CT molecular complexity index is 457. The van der Waals surface area contributed by atoms with Gasteiger partial charge in [-0.05, 0) is 19.1 Å². The summed E-state index contributed by atoms with van der Waals surface area (Å²) in [6.07, 6.45) is 0. The molecule has 0 aliphatic carbocycles. The molecule has 1 aliphatic rings. The monoisotopic (exact) mass is 217 g/mol. The normalized spacial score (nSPS) is 16.3. The summed E-state index contributed by atoms with van der Waals surface area (Å²) in [6.45, 7) is 5.10. The van der Waals surface area contributed by atoms with Gasteiger partial charge in [0.1, 0.15) is 5.52 Å². The molecule has 4 heteroatoms. The van der Waals surface area contributed by atoms with Crippen molar-refractivity contribution in [2.45, 2.75) is 13.0 Å². The molecular weight excluding hydrogens is 202 g/mol. The molecule has 2 aromatic rings. The van der Waals surface area contributed by atoms with Gasteiger partial charge in [0, 0.05) is 19.6 Å². The van der Waals surface area contributed by atoms with Crippen LogP contribution in [-0.4, -0.2) is 30.7 Å². The predicted octanol–water partition coefficient (Wildman–Crippen LogP) is 1.63. The fourth-order valence-electron chi connectivity index (χ4n) is 2.03. The third kappa shape index (κ3) is 1.46. The van der Waals surface area contributed by atoms with Crippen LogP contribution in [0.4, 0.5) is 6.01 Å². The molecular formula is C12H15N3O. The van der Waals surface area contributed by atoms with E-state index >= 15 is 0 Å². The van der Waals surface area contributed by atoms with Crippen molar-refractivity contribution in [2.24, 2.45) is 0 Å². The molecule has 3 rings (SSSR count). The van der Waals surface area contributed by atoms with E-state index in [4.69, 9.17) is 4.42 Å². The second-order valence-electron chi connectivity index (χ2n) is 4.06. The van der Waals surface area contributed by atoms with Crippen molar-refractivity contribution in [1.82, 2.24) is 10.3 Å². The molecule has 1 N–H and O–H groups in total. The largest absolute Gasteiger partial charge is 0.423 e. The minimum absolute atomic E-state index is 0.526. The number of likely N-dealkylation sites (N-methyl/N-ethyl adjacent to an activating group) is 1. The van der Waals surface area contributed by atoms with Gasteiger partial charge in [-0.2, -0.15) is 4.98 Å². The molecule has 0 radical (unpaired) electrons. The van der Waals surface area contributed by atoms with Crippen LogP contribution in [0.2, 0.25) is 0 Å². The average molecular weight is 217 g/mol. The van der Waals surface area contributed by atoms with Gasteiger partial charge in [0.25, 0.3) is 6.01 Å². The Balaban J connectivity index is 1.96. The van der Waals surface area contributed by atoms with Gasteiger partial charge in [0.2, 0.25) is 0 Å². The number of oxazole rings is 1. The molecule has 84 valence electrons. The summed E-state index contributed by atoms with van der Waals surface area (Å²) in [5.74, 6) is 0. The van der Waals surface area contributed by atoms with Crippen LogP contribution >= 0.6 is 0 Å². The van der Waals surface area contributed by atoms with Crippen LogP contribution in [0.1, 0.15) is 6.92 Å². The molecule has 1 aromatic carbocycles. The molecule has 1 aliphatic heterocycles. The minimum Gasteiger partial charge on any atom is -0.423 e. The van der Waals surface area contributed by atoms with Gasteiger partial charge >= 0.3 is 0 Å². The van der Waals surface area contributed by atoms with Crippen molar-refractivity contribution in [2.75, 3.05) is 24.5 Å². The second-order valence-corrected chi connectivity index (χ2v) is 4.06. The SMILES string of the molecule is CCN(c1nc2ccccc2o1)C1CNC1. The maximum Gasteiger partial charge on any atom is 0.298 e. The lowest BCUT2D eigenvalue weighted by Gasteiger charge is -2.36. The maximum atomic E-state index is 5.76. The Hall–Kier alpha value is -1.55. The van der Waals surface area contributed by atoms with Crippen molar-refractivity contribution >= 4 is 17.1 Å². The standard InChI is InChI=1S/C12H15N3O/c1-2-15(9-7-13-8-9)12-14-10-5-3-4-6-11(10)16-12/h3-6,9,13H,2,7-8H2,1H3. The van der Waals surface area contributed by atoms with E-state index in [-0.39, 0.29) is 0 Å². The summed E-state index contributed by atoms with van der Waals surface area (Å²) < 4.78 is 5.76. The number of nitrogens with one attached hydrogen (secondary N) is 1. The molecule has 0 spiro atoms. The van der Waals surface area contributed by atoms with Crippen molar-refractivity contribution in [3.63, 3.8) is 0 Å². The molecule has 0 saturated carbocycles. The Morgan fingerprint density at radius 3 is 2.88 bits per heavy atom. The number of rotatable bonds is 3. The number of fused-ring (bicyclic) bond motifs is 1. The highest BCUT2D eigenvalue weighted by atomic mass is 16.4. The number of nitrogens with zero attached hydrogens (tertiary/aromatic N) is 2. The van der Waals surface area contributed by atoms with Crippen LogP contribution in [0.3, 0.4) is 0 Å². The first kappa shape index (κ1) is 9.66. The van der Waals surface area contributed by atoms with E-state index < -0.39 is 0 Å². The Labute approximate surface area is 94.3 Å². The van der Waals surface area contributed by atoms with Gasteiger partial charge in [0.05, 0.1) is 6.04 Å². The maximum absolute atomic E-state index is 5.76. The topological polar surface area (TPSA) is 41.3 Å². The summed E-state index contributed by atoms with van der Waals surface area (Å²) >= 11 is 0. The third-order valence-corrected chi connectivity index (χ3v) is 3.07. The fraction of sp³-hybridized carbons (Fsp3) is 0.417. The molecule has 0 bridgehead atoms. The van der Waals surface area contributed by atoms with Crippen LogP contribution < -0.4 is 10.2 Å². The highest BCUT2D eigenvalue weighted by molar-refractivity contribution is 5.74. The number of aromatic nitrogens is 1. The van der Waals surface area contributed by atoms with Crippen LogP contribution in [0, 0.1) is 0 Å². The Kier molecular flexibility index (Phi) is 2.29. The van der Waals surface area contributed by atoms with Gasteiger partial charge in [-0.25, -0.2) is 0 Å². The molecule has 2 heterocycles. The van der Waals surface area contributed by atoms with E-state index in [9.17, 15) is 0 Å². The number of benzene rings is 1.